The van der Waals surface area contributed by atoms with Gasteiger partial charge in [-0.25, -0.2) is 4.79 Å². The Hall–Kier alpha value is -2.57. The van der Waals surface area contributed by atoms with E-state index in [1.807, 2.05) is 72.7 Å². The number of nitrogens with one attached hydrogen (secondary N) is 2. The topological polar surface area (TPSA) is 87.7 Å². The van der Waals surface area contributed by atoms with Crippen molar-refractivity contribution in [2.75, 3.05) is 0 Å². The molecule has 1 aromatic rings. The first-order valence-corrected chi connectivity index (χ1v) is 11.0. The molecule has 0 spiro atoms. The highest BCUT2D eigenvalue weighted by molar-refractivity contribution is 5.92. The number of amides is 3. The van der Waals surface area contributed by atoms with Gasteiger partial charge >= 0.3 is 6.09 Å². The van der Waals surface area contributed by atoms with Crippen LogP contribution < -0.4 is 10.6 Å². The molecule has 1 aromatic carbocycles. The van der Waals surface area contributed by atoms with Crippen molar-refractivity contribution >= 4 is 17.9 Å². The second-order valence-electron chi connectivity index (χ2n) is 11.3. The zero-order valence-corrected chi connectivity index (χ0v) is 21.5. The fourth-order valence-corrected chi connectivity index (χ4v) is 3.30. The molecule has 0 radical (unpaired) electrons. The van der Waals surface area contributed by atoms with Gasteiger partial charge in [0, 0.05) is 11.1 Å². The second kappa shape index (κ2) is 9.92. The number of nitrogens with zero attached hydrogens (tertiary/aromatic N) is 1. The Morgan fingerprint density at radius 1 is 0.969 bits per heavy atom. The van der Waals surface area contributed by atoms with Gasteiger partial charge in [-0.2, -0.15) is 0 Å². The third-order valence-electron chi connectivity index (χ3n) is 4.43. The number of carbonyl (C=O) groups is 3. The highest BCUT2D eigenvalue weighted by atomic mass is 16.6. The molecule has 0 fully saturated rings. The smallest absolute Gasteiger partial charge is 0.408 e. The fourth-order valence-electron chi connectivity index (χ4n) is 3.30. The molecular formula is C25H41N3O4. The maximum atomic E-state index is 13.6. The maximum Gasteiger partial charge on any atom is 0.408 e. The molecule has 180 valence electrons. The van der Waals surface area contributed by atoms with Crippen molar-refractivity contribution in [2.45, 2.75) is 105 Å². The highest BCUT2D eigenvalue weighted by Gasteiger charge is 2.41. The maximum absolute atomic E-state index is 13.6. The molecule has 0 saturated carbocycles. The summed E-state index contributed by atoms with van der Waals surface area (Å²) in [5.41, 5.74) is -0.180. The lowest BCUT2D eigenvalue weighted by molar-refractivity contribution is -0.148. The molecule has 0 saturated heterocycles. The Morgan fingerprint density at radius 2 is 1.53 bits per heavy atom. The monoisotopic (exact) mass is 447 g/mol. The molecular weight excluding hydrogens is 406 g/mol. The van der Waals surface area contributed by atoms with E-state index in [1.54, 1.807) is 32.6 Å². The van der Waals surface area contributed by atoms with Crippen LogP contribution in [0.2, 0.25) is 0 Å². The molecule has 0 aliphatic heterocycles. The van der Waals surface area contributed by atoms with E-state index in [0.717, 1.165) is 5.56 Å². The van der Waals surface area contributed by atoms with Crippen LogP contribution in [0.4, 0.5) is 4.79 Å². The third kappa shape index (κ3) is 8.52. The summed E-state index contributed by atoms with van der Waals surface area (Å²) in [6, 6.07) is 5.81. The average Bonchev–Trinajstić information content (AvgIpc) is 2.54. The number of rotatable bonds is 5. The van der Waals surface area contributed by atoms with Crippen LogP contribution in [0, 0.1) is 6.92 Å². The zero-order chi connectivity index (χ0) is 25.1. The Bertz CT molecular complexity index is 829. The van der Waals surface area contributed by atoms with Gasteiger partial charge in [0.1, 0.15) is 17.7 Å². The number of alkyl carbamates (subject to hydrolysis) is 1. The number of ether oxygens (including phenoxy) is 1. The molecule has 0 aromatic heterocycles. The summed E-state index contributed by atoms with van der Waals surface area (Å²) < 4.78 is 5.30. The molecule has 2 atom stereocenters. The van der Waals surface area contributed by atoms with Gasteiger partial charge in [0.15, 0.2) is 0 Å². The lowest BCUT2D eigenvalue weighted by atomic mass is 9.94. The van der Waals surface area contributed by atoms with Crippen molar-refractivity contribution in [3.63, 3.8) is 0 Å². The first-order valence-electron chi connectivity index (χ1n) is 11.0. The van der Waals surface area contributed by atoms with Crippen molar-refractivity contribution in [1.82, 2.24) is 15.5 Å². The van der Waals surface area contributed by atoms with Gasteiger partial charge in [-0.3, -0.25) is 9.59 Å². The molecule has 3 amide bonds. The summed E-state index contributed by atoms with van der Waals surface area (Å²) in [5.74, 6) is -0.658. The zero-order valence-electron chi connectivity index (χ0n) is 21.5. The van der Waals surface area contributed by atoms with Gasteiger partial charge in [-0.1, -0.05) is 29.8 Å². The lowest BCUT2D eigenvalue weighted by Gasteiger charge is -2.43. The van der Waals surface area contributed by atoms with E-state index in [-0.39, 0.29) is 11.8 Å². The van der Waals surface area contributed by atoms with E-state index < -0.39 is 34.9 Å². The van der Waals surface area contributed by atoms with E-state index in [9.17, 15) is 14.4 Å². The highest BCUT2D eigenvalue weighted by Crippen LogP contribution is 2.31. The quantitative estimate of drug-likeness (QED) is 0.696. The third-order valence-corrected chi connectivity index (χ3v) is 4.43. The van der Waals surface area contributed by atoms with Crippen molar-refractivity contribution in [3.05, 3.63) is 35.4 Å². The molecule has 32 heavy (non-hydrogen) atoms. The predicted octanol–water partition coefficient (Wildman–Crippen LogP) is 4.49. The molecule has 7 nitrogen and oxygen atoms in total. The van der Waals surface area contributed by atoms with Crippen molar-refractivity contribution in [2.24, 2.45) is 0 Å². The predicted molar refractivity (Wildman–Crippen MR) is 127 cm³/mol. The molecule has 0 bridgehead atoms. The van der Waals surface area contributed by atoms with E-state index >= 15 is 0 Å². The molecule has 0 aliphatic carbocycles. The standard InChI is InChI=1S/C25H41N3O4/c1-16-13-12-14-18(15-16)19(20(29)27-23(3,4)5)28(24(6,7)8)21(30)17(2)26-22(31)32-25(9,10)11/h12-15,17,19H,1-11H3,(H,26,31)(H,27,29). The molecule has 7 heteroatoms. The van der Waals surface area contributed by atoms with Crippen LogP contribution in [0.3, 0.4) is 0 Å². The van der Waals surface area contributed by atoms with Crippen LogP contribution in [0.15, 0.2) is 24.3 Å². The number of hydrogen-bond donors (Lipinski definition) is 2. The van der Waals surface area contributed by atoms with Gasteiger partial charge in [0.2, 0.25) is 11.8 Å². The summed E-state index contributed by atoms with van der Waals surface area (Å²) in [6.45, 7) is 20.1. The van der Waals surface area contributed by atoms with Crippen LogP contribution in [-0.2, 0) is 14.3 Å². The van der Waals surface area contributed by atoms with Gasteiger partial charge in [0.25, 0.3) is 0 Å². The van der Waals surface area contributed by atoms with Crippen LogP contribution in [0.25, 0.3) is 0 Å². The minimum absolute atomic E-state index is 0.282. The molecule has 0 heterocycles. The van der Waals surface area contributed by atoms with E-state index in [0.29, 0.717) is 5.56 Å². The van der Waals surface area contributed by atoms with Crippen molar-refractivity contribution in [3.8, 4) is 0 Å². The summed E-state index contributed by atoms with van der Waals surface area (Å²) in [5, 5.41) is 5.62. The van der Waals surface area contributed by atoms with E-state index in [2.05, 4.69) is 10.6 Å². The minimum Gasteiger partial charge on any atom is -0.444 e. The summed E-state index contributed by atoms with van der Waals surface area (Å²) in [4.78, 5) is 40.9. The second-order valence-corrected chi connectivity index (χ2v) is 11.3. The molecule has 2 N–H and O–H groups in total. The summed E-state index contributed by atoms with van der Waals surface area (Å²) >= 11 is 0. The summed E-state index contributed by atoms with van der Waals surface area (Å²) in [7, 11) is 0. The first kappa shape index (κ1) is 27.5. The average molecular weight is 448 g/mol. The first-order chi connectivity index (χ1) is 14.3. The van der Waals surface area contributed by atoms with Crippen LogP contribution in [0.1, 0.15) is 86.4 Å². The number of carbonyl (C=O) groups excluding carboxylic acids is 3. The lowest BCUT2D eigenvalue weighted by Crippen LogP contribution is -2.59. The Balaban J connectivity index is 3.42. The number of aryl methyl sites for hydroxylation is 1. The van der Waals surface area contributed by atoms with Crippen LogP contribution in [-0.4, -0.2) is 45.5 Å². The van der Waals surface area contributed by atoms with Crippen LogP contribution in [0.5, 0.6) is 0 Å². The van der Waals surface area contributed by atoms with Crippen LogP contribution >= 0.6 is 0 Å². The summed E-state index contributed by atoms with van der Waals surface area (Å²) in [6.07, 6.45) is -0.682. The minimum atomic E-state index is -0.890. The largest absolute Gasteiger partial charge is 0.444 e. The fraction of sp³-hybridized carbons (Fsp3) is 0.640. The number of hydrogen-bond acceptors (Lipinski definition) is 4. The molecule has 0 aliphatic rings. The Labute approximate surface area is 193 Å². The molecule has 2 unspecified atom stereocenters. The van der Waals surface area contributed by atoms with Gasteiger partial charge in [0.05, 0.1) is 0 Å². The van der Waals surface area contributed by atoms with E-state index in [1.165, 1.54) is 0 Å². The number of benzene rings is 1. The normalized spacial score (nSPS) is 14.2. The van der Waals surface area contributed by atoms with Gasteiger partial charge in [-0.05, 0) is 81.7 Å². The Morgan fingerprint density at radius 3 is 1.97 bits per heavy atom. The Kier molecular flexibility index (Phi) is 8.52. The van der Waals surface area contributed by atoms with Crippen molar-refractivity contribution in [1.29, 1.82) is 0 Å². The van der Waals surface area contributed by atoms with Gasteiger partial charge < -0.3 is 20.3 Å². The van der Waals surface area contributed by atoms with E-state index in [4.69, 9.17) is 4.74 Å². The SMILES string of the molecule is Cc1cccc(C(C(=O)NC(C)(C)C)N(C(=O)C(C)NC(=O)OC(C)(C)C)C(C)(C)C)c1. The van der Waals surface area contributed by atoms with Crippen molar-refractivity contribution < 1.29 is 19.1 Å². The molecule has 1 rings (SSSR count). The van der Waals surface area contributed by atoms with Gasteiger partial charge in [-0.15, -0.1) is 0 Å².